The summed E-state index contributed by atoms with van der Waals surface area (Å²) in [7, 11) is -3.67. The molecule has 0 saturated carbocycles. The molecule has 0 bridgehead atoms. The Balaban J connectivity index is 1.63. The SMILES string of the molecule is Cc1cc(C)c(C)c(S(=O)(=O)NCCC(=O)N[C@H]2CCCc3ccccc32)c1C. The van der Waals surface area contributed by atoms with Crippen LogP contribution in [0.25, 0.3) is 0 Å². The fourth-order valence-electron chi connectivity index (χ4n) is 4.13. The number of carbonyl (C=O) groups is 1. The van der Waals surface area contributed by atoms with E-state index in [0.717, 1.165) is 41.5 Å². The number of hydrogen-bond acceptors (Lipinski definition) is 3. The van der Waals surface area contributed by atoms with Crippen molar-refractivity contribution >= 4 is 15.9 Å². The fraction of sp³-hybridized carbons (Fsp3) is 0.435. The zero-order valence-corrected chi connectivity index (χ0v) is 18.4. The summed E-state index contributed by atoms with van der Waals surface area (Å²) >= 11 is 0. The molecule has 0 fully saturated rings. The van der Waals surface area contributed by atoms with Crippen molar-refractivity contribution in [1.82, 2.24) is 10.0 Å². The van der Waals surface area contributed by atoms with Crippen molar-refractivity contribution in [3.8, 4) is 0 Å². The molecule has 29 heavy (non-hydrogen) atoms. The topological polar surface area (TPSA) is 75.3 Å². The highest BCUT2D eigenvalue weighted by atomic mass is 32.2. The van der Waals surface area contributed by atoms with E-state index in [2.05, 4.69) is 22.2 Å². The third-order valence-corrected chi connectivity index (χ3v) is 7.65. The molecular formula is C23H30N2O3S. The van der Waals surface area contributed by atoms with Crippen LogP contribution in [0, 0.1) is 27.7 Å². The van der Waals surface area contributed by atoms with Crippen molar-refractivity contribution in [2.75, 3.05) is 6.54 Å². The number of fused-ring (bicyclic) bond motifs is 1. The number of sulfonamides is 1. The number of carbonyl (C=O) groups excluding carboxylic acids is 1. The summed E-state index contributed by atoms with van der Waals surface area (Å²) in [5.41, 5.74) is 5.86. The van der Waals surface area contributed by atoms with Crippen molar-refractivity contribution < 1.29 is 13.2 Å². The molecule has 3 rings (SSSR count). The Labute approximate surface area is 174 Å². The summed E-state index contributed by atoms with van der Waals surface area (Å²) < 4.78 is 28.4. The van der Waals surface area contributed by atoms with Crippen LogP contribution in [0.3, 0.4) is 0 Å². The molecule has 0 saturated heterocycles. The number of benzene rings is 2. The van der Waals surface area contributed by atoms with E-state index >= 15 is 0 Å². The Morgan fingerprint density at radius 1 is 1.07 bits per heavy atom. The predicted octanol–water partition coefficient (Wildman–Crippen LogP) is 3.78. The molecule has 0 aromatic heterocycles. The summed E-state index contributed by atoms with van der Waals surface area (Å²) in [6, 6.07) is 10.2. The molecule has 2 aromatic rings. The van der Waals surface area contributed by atoms with Crippen molar-refractivity contribution in [1.29, 1.82) is 0 Å². The molecule has 1 atom stereocenters. The highest BCUT2D eigenvalue weighted by Crippen LogP contribution is 2.29. The van der Waals surface area contributed by atoms with E-state index in [1.807, 2.05) is 45.9 Å². The third-order valence-electron chi connectivity index (χ3n) is 5.91. The molecule has 0 radical (unpaired) electrons. The molecule has 156 valence electrons. The van der Waals surface area contributed by atoms with Gasteiger partial charge in [-0.1, -0.05) is 30.3 Å². The van der Waals surface area contributed by atoms with Crippen LogP contribution in [-0.2, 0) is 21.2 Å². The van der Waals surface area contributed by atoms with E-state index in [-0.39, 0.29) is 24.9 Å². The Morgan fingerprint density at radius 3 is 2.41 bits per heavy atom. The van der Waals surface area contributed by atoms with E-state index in [1.54, 1.807) is 0 Å². The average molecular weight is 415 g/mol. The lowest BCUT2D eigenvalue weighted by atomic mass is 9.88. The number of nitrogens with one attached hydrogen (secondary N) is 2. The van der Waals surface area contributed by atoms with Crippen molar-refractivity contribution in [2.45, 2.75) is 64.3 Å². The first kappa shape index (κ1) is 21.5. The zero-order valence-electron chi connectivity index (χ0n) is 17.6. The van der Waals surface area contributed by atoms with E-state index in [1.165, 1.54) is 11.1 Å². The molecule has 5 nitrogen and oxygen atoms in total. The van der Waals surface area contributed by atoms with Gasteiger partial charge in [-0.2, -0.15) is 0 Å². The minimum Gasteiger partial charge on any atom is -0.349 e. The van der Waals surface area contributed by atoms with Gasteiger partial charge in [-0.25, -0.2) is 13.1 Å². The van der Waals surface area contributed by atoms with Crippen LogP contribution in [0.1, 0.15) is 58.7 Å². The van der Waals surface area contributed by atoms with Gasteiger partial charge >= 0.3 is 0 Å². The Hall–Kier alpha value is -2.18. The Bertz CT molecular complexity index is 1000. The second-order valence-electron chi connectivity index (χ2n) is 7.95. The molecular weight excluding hydrogens is 384 g/mol. The smallest absolute Gasteiger partial charge is 0.241 e. The molecule has 1 aliphatic rings. The predicted molar refractivity (Wildman–Crippen MR) is 115 cm³/mol. The van der Waals surface area contributed by atoms with Gasteiger partial charge in [-0.15, -0.1) is 0 Å². The average Bonchev–Trinajstić information content (AvgIpc) is 2.66. The largest absolute Gasteiger partial charge is 0.349 e. The third kappa shape index (κ3) is 4.70. The lowest BCUT2D eigenvalue weighted by Crippen LogP contribution is -2.34. The number of rotatable bonds is 6. The standard InChI is InChI=1S/C23H30N2O3S/c1-15-14-16(2)18(4)23(17(15)3)29(27,28)24-13-12-22(26)25-21-11-7-9-19-8-5-6-10-20(19)21/h5-6,8,10,14,21,24H,7,9,11-13H2,1-4H3,(H,25,26)/t21-/m0/s1. The van der Waals surface area contributed by atoms with Gasteiger partial charge in [0.2, 0.25) is 15.9 Å². The van der Waals surface area contributed by atoms with Gasteiger partial charge in [0, 0.05) is 13.0 Å². The normalized spacial score (nSPS) is 16.3. The van der Waals surface area contributed by atoms with Gasteiger partial charge < -0.3 is 5.32 Å². The highest BCUT2D eigenvalue weighted by molar-refractivity contribution is 7.89. The summed E-state index contributed by atoms with van der Waals surface area (Å²) in [6.45, 7) is 7.55. The van der Waals surface area contributed by atoms with Crippen LogP contribution in [0.2, 0.25) is 0 Å². The van der Waals surface area contributed by atoms with Crippen molar-refractivity contribution in [3.05, 3.63) is 63.7 Å². The minimum atomic E-state index is -3.67. The maximum absolute atomic E-state index is 12.9. The summed E-state index contributed by atoms with van der Waals surface area (Å²) in [5, 5.41) is 3.07. The lowest BCUT2D eigenvalue weighted by Gasteiger charge is -2.26. The summed E-state index contributed by atoms with van der Waals surface area (Å²) in [4.78, 5) is 12.8. The molecule has 0 heterocycles. The van der Waals surface area contributed by atoms with Gasteiger partial charge in [0.1, 0.15) is 0 Å². The number of aryl methyl sites for hydroxylation is 3. The molecule has 6 heteroatoms. The molecule has 0 spiro atoms. The van der Waals surface area contributed by atoms with Crippen molar-refractivity contribution in [2.24, 2.45) is 0 Å². The van der Waals surface area contributed by atoms with Crippen LogP contribution in [0.15, 0.2) is 35.2 Å². The van der Waals surface area contributed by atoms with E-state index < -0.39 is 10.0 Å². The number of hydrogen-bond donors (Lipinski definition) is 2. The van der Waals surface area contributed by atoms with Crippen LogP contribution in [-0.4, -0.2) is 20.9 Å². The molecule has 1 amide bonds. The first-order valence-corrected chi connectivity index (χ1v) is 11.6. The van der Waals surface area contributed by atoms with Crippen LogP contribution >= 0.6 is 0 Å². The monoisotopic (exact) mass is 414 g/mol. The van der Waals surface area contributed by atoms with E-state index in [4.69, 9.17) is 0 Å². The highest BCUT2D eigenvalue weighted by Gasteiger charge is 2.23. The van der Waals surface area contributed by atoms with Gasteiger partial charge in [-0.05, 0) is 80.3 Å². The lowest BCUT2D eigenvalue weighted by molar-refractivity contribution is -0.121. The van der Waals surface area contributed by atoms with Crippen LogP contribution in [0.5, 0.6) is 0 Å². The molecule has 0 aliphatic heterocycles. The maximum Gasteiger partial charge on any atom is 0.241 e. The van der Waals surface area contributed by atoms with Crippen molar-refractivity contribution in [3.63, 3.8) is 0 Å². The summed E-state index contributed by atoms with van der Waals surface area (Å²) in [6.07, 6.45) is 3.10. The molecule has 0 unspecified atom stereocenters. The second-order valence-corrected chi connectivity index (χ2v) is 9.65. The van der Waals surface area contributed by atoms with E-state index in [0.29, 0.717) is 4.90 Å². The quantitative estimate of drug-likeness (QED) is 0.755. The van der Waals surface area contributed by atoms with Gasteiger partial charge in [-0.3, -0.25) is 4.79 Å². The van der Waals surface area contributed by atoms with Crippen LogP contribution in [0.4, 0.5) is 0 Å². The van der Waals surface area contributed by atoms with Crippen LogP contribution < -0.4 is 10.0 Å². The van der Waals surface area contributed by atoms with E-state index in [9.17, 15) is 13.2 Å². The zero-order chi connectivity index (χ0) is 21.2. The molecule has 2 aromatic carbocycles. The molecule has 2 N–H and O–H groups in total. The molecule has 1 aliphatic carbocycles. The second kappa shape index (κ2) is 8.67. The Kier molecular flexibility index (Phi) is 6.44. The maximum atomic E-state index is 12.9. The Morgan fingerprint density at radius 2 is 1.72 bits per heavy atom. The fourth-order valence-corrected chi connectivity index (χ4v) is 5.77. The van der Waals surface area contributed by atoms with Gasteiger partial charge in [0.25, 0.3) is 0 Å². The van der Waals surface area contributed by atoms with Gasteiger partial charge in [0.05, 0.1) is 10.9 Å². The number of amides is 1. The minimum absolute atomic E-state index is 0.00738. The first-order valence-electron chi connectivity index (χ1n) is 10.1. The first-order chi connectivity index (χ1) is 13.7. The van der Waals surface area contributed by atoms with Gasteiger partial charge in [0.15, 0.2) is 0 Å². The summed E-state index contributed by atoms with van der Waals surface area (Å²) in [5.74, 6) is -0.136.